The molecule has 0 spiro atoms. The van der Waals surface area contributed by atoms with Crippen LogP contribution in [0.3, 0.4) is 0 Å². The van der Waals surface area contributed by atoms with Crippen molar-refractivity contribution >= 4 is 35.0 Å². The highest BCUT2D eigenvalue weighted by Gasteiger charge is 2.18. The summed E-state index contributed by atoms with van der Waals surface area (Å²) in [6, 6.07) is 2.79. The van der Waals surface area contributed by atoms with Gasteiger partial charge in [-0.3, -0.25) is 4.79 Å². The summed E-state index contributed by atoms with van der Waals surface area (Å²) >= 11 is 2.90. The summed E-state index contributed by atoms with van der Waals surface area (Å²) in [5, 5.41) is 13.1. The van der Waals surface area contributed by atoms with Crippen molar-refractivity contribution in [1.82, 2.24) is 5.32 Å². The van der Waals surface area contributed by atoms with Gasteiger partial charge in [-0.25, -0.2) is 4.79 Å². The SMILES string of the molecule is C#CCC(NC(=O)CSc1cccs1)C(=O)O. The van der Waals surface area contributed by atoms with Gasteiger partial charge in [0.05, 0.1) is 9.96 Å². The minimum absolute atomic E-state index is 0.00918. The molecule has 0 saturated carbocycles. The molecule has 1 rings (SSSR count). The molecule has 0 bridgehead atoms. The minimum atomic E-state index is -1.11. The zero-order valence-electron chi connectivity index (χ0n) is 8.88. The van der Waals surface area contributed by atoms with Gasteiger partial charge in [-0.15, -0.1) is 35.4 Å². The molecule has 0 radical (unpaired) electrons. The van der Waals surface area contributed by atoms with Crippen molar-refractivity contribution in [3.63, 3.8) is 0 Å². The van der Waals surface area contributed by atoms with Crippen LogP contribution in [-0.4, -0.2) is 28.8 Å². The van der Waals surface area contributed by atoms with Crippen LogP contribution in [0.15, 0.2) is 21.7 Å². The Morgan fingerprint density at radius 1 is 1.65 bits per heavy atom. The lowest BCUT2D eigenvalue weighted by Gasteiger charge is -2.10. The molecule has 0 aliphatic heterocycles. The Morgan fingerprint density at radius 3 is 2.94 bits per heavy atom. The molecule has 1 heterocycles. The van der Waals surface area contributed by atoms with Crippen LogP contribution in [0.4, 0.5) is 0 Å². The number of carboxylic acids is 1. The van der Waals surface area contributed by atoms with Gasteiger partial charge in [0.2, 0.25) is 5.91 Å². The normalized spacial score (nSPS) is 11.5. The highest BCUT2D eigenvalue weighted by Crippen LogP contribution is 2.22. The Kier molecular flexibility index (Phi) is 5.60. The van der Waals surface area contributed by atoms with Gasteiger partial charge in [0.25, 0.3) is 0 Å². The van der Waals surface area contributed by atoms with Crippen LogP contribution in [0.5, 0.6) is 0 Å². The zero-order valence-corrected chi connectivity index (χ0v) is 10.5. The molecule has 1 unspecified atom stereocenters. The summed E-state index contributed by atoms with van der Waals surface area (Å²) in [7, 11) is 0. The van der Waals surface area contributed by atoms with Gasteiger partial charge in [0.15, 0.2) is 0 Å². The Hall–Kier alpha value is -1.45. The molecule has 6 heteroatoms. The fourth-order valence-electron chi connectivity index (χ4n) is 1.04. The zero-order chi connectivity index (χ0) is 12.7. The van der Waals surface area contributed by atoms with Crippen molar-refractivity contribution in [1.29, 1.82) is 0 Å². The van der Waals surface area contributed by atoms with E-state index in [1.54, 1.807) is 0 Å². The maximum atomic E-state index is 11.5. The third kappa shape index (κ3) is 4.93. The highest BCUT2D eigenvalue weighted by atomic mass is 32.2. The predicted octanol–water partition coefficient (Wildman–Crippen LogP) is 1.43. The maximum absolute atomic E-state index is 11.5. The molecule has 1 amide bonds. The van der Waals surface area contributed by atoms with E-state index in [9.17, 15) is 9.59 Å². The van der Waals surface area contributed by atoms with E-state index >= 15 is 0 Å². The number of rotatable bonds is 6. The topological polar surface area (TPSA) is 66.4 Å². The molecule has 0 aliphatic rings. The number of carbonyl (C=O) groups excluding carboxylic acids is 1. The lowest BCUT2D eigenvalue weighted by atomic mass is 10.2. The third-order valence-electron chi connectivity index (χ3n) is 1.80. The van der Waals surface area contributed by atoms with Crippen molar-refractivity contribution in [3.05, 3.63) is 17.5 Å². The smallest absolute Gasteiger partial charge is 0.327 e. The standard InChI is InChI=1S/C11H11NO3S2/c1-2-4-8(11(14)15)12-9(13)7-17-10-5-3-6-16-10/h1,3,5-6,8H,4,7H2,(H,12,13)(H,14,15). The van der Waals surface area contributed by atoms with Gasteiger partial charge in [-0.05, 0) is 11.4 Å². The Labute approximate surface area is 107 Å². The van der Waals surface area contributed by atoms with Crippen molar-refractivity contribution < 1.29 is 14.7 Å². The lowest BCUT2D eigenvalue weighted by molar-refractivity contribution is -0.141. The van der Waals surface area contributed by atoms with Crippen LogP contribution in [-0.2, 0) is 9.59 Å². The third-order valence-corrected chi connectivity index (χ3v) is 3.93. The van der Waals surface area contributed by atoms with Crippen LogP contribution in [0.2, 0.25) is 0 Å². The van der Waals surface area contributed by atoms with Crippen LogP contribution < -0.4 is 5.32 Å². The van der Waals surface area contributed by atoms with Crippen molar-refractivity contribution in [2.75, 3.05) is 5.75 Å². The molecule has 1 aromatic rings. The second-order valence-corrected chi connectivity index (χ2v) is 5.31. The molecule has 4 nitrogen and oxygen atoms in total. The molecule has 0 fully saturated rings. The Morgan fingerprint density at radius 2 is 2.41 bits per heavy atom. The second-order valence-electron chi connectivity index (χ2n) is 3.09. The minimum Gasteiger partial charge on any atom is -0.480 e. The number of thiophene rings is 1. The van der Waals surface area contributed by atoms with E-state index in [1.807, 2.05) is 17.5 Å². The number of carbonyl (C=O) groups is 2. The average Bonchev–Trinajstić information content (AvgIpc) is 2.78. The van der Waals surface area contributed by atoms with E-state index in [0.717, 1.165) is 4.21 Å². The van der Waals surface area contributed by atoms with E-state index in [0.29, 0.717) is 0 Å². The first-order chi connectivity index (χ1) is 8.13. The van der Waals surface area contributed by atoms with E-state index in [2.05, 4.69) is 11.2 Å². The molecule has 1 aromatic heterocycles. The summed E-state index contributed by atoms with van der Waals surface area (Å²) in [6.45, 7) is 0. The van der Waals surface area contributed by atoms with Crippen LogP contribution >= 0.6 is 23.1 Å². The quantitative estimate of drug-likeness (QED) is 0.605. The number of hydrogen-bond donors (Lipinski definition) is 2. The number of nitrogens with one attached hydrogen (secondary N) is 1. The Balaban J connectivity index is 2.37. The number of aliphatic carboxylic acids is 1. The average molecular weight is 269 g/mol. The summed E-state index contributed by atoms with van der Waals surface area (Å²) in [6.07, 6.45) is 5.02. The molecule has 90 valence electrons. The summed E-state index contributed by atoms with van der Waals surface area (Å²) in [4.78, 5) is 22.2. The highest BCUT2D eigenvalue weighted by molar-refractivity contribution is 8.01. The summed E-state index contributed by atoms with van der Waals surface area (Å²) in [5.74, 6) is 0.972. The maximum Gasteiger partial charge on any atom is 0.327 e. The van der Waals surface area contributed by atoms with E-state index in [4.69, 9.17) is 11.5 Å². The number of thioether (sulfide) groups is 1. The van der Waals surface area contributed by atoms with Gasteiger partial charge < -0.3 is 10.4 Å². The van der Waals surface area contributed by atoms with E-state index in [1.165, 1.54) is 23.1 Å². The Bertz CT molecular complexity index is 422. The van der Waals surface area contributed by atoms with Crippen molar-refractivity contribution in [2.45, 2.75) is 16.7 Å². The predicted molar refractivity (Wildman–Crippen MR) is 68.1 cm³/mol. The largest absolute Gasteiger partial charge is 0.480 e. The van der Waals surface area contributed by atoms with E-state index in [-0.39, 0.29) is 18.1 Å². The molecule has 17 heavy (non-hydrogen) atoms. The molecule has 1 atom stereocenters. The number of carboxylic acid groups (broad SMARTS) is 1. The molecular weight excluding hydrogens is 258 g/mol. The van der Waals surface area contributed by atoms with Gasteiger partial charge in [0.1, 0.15) is 6.04 Å². The van der Waals surface area contributed by atoms with Gasteiger partial charge in [-0.1, -0.05) is 6.07 Å². The summed E-state index contributed by atoms with van der Waals surface area (Å²) in [5.41, 5.74) is 0. The molecular formula is C11H11NO3S2. The molecule has 0 aliphatic carbocycles. The van der Waals surface area contributed by atoms with Crippen molar-refractivity contribution in [2.24, 2.45) is 0 Å². The van der Waals surface area contributed by atoms with Crippen LogP contribution in [0, 0.1) is 12.3 Å². The number of hydrogen-bond acceptors (Lipinski definition) is 4. The van der Waals surface area contributed by atoms with Crippen molar-refractivity contribution in [3.8, 4) is 12.3 Å². The van der Waals surface area contributed by atoms with Crippen LogP contribution in [0.25, 0.3) is 0 Å². The summed E-state index contributed by atoms with van der Waals surface area (Å²) < 4.78 is 1.02. The van der Waals surface area contributed by atoms with Crippen LogP contribution in [0.1, 0.15) is 6.42 Å². The first-order valence-electron chi connectivity index (χ1n) is 4.75. The monoisotopic (exact) mass is 269 g/mol. The molecule has 2 N–H and O–H groups in total. The molecule has 0 aromatic carbocycles. The van der Waals surface area contributed by atoms with E-state index < -0.39 is 12.0 Å². The number of amides is 1. The fourth-order valence-corrected chi connectivity index (χ4v) is 2.63. The first kappa shape index (κ1) is 13.6. The number of terminal acetylenes is 1. The van der Waals surface area contributed by atoms with Gasteiger partial charge in [0, 0.05) is 6.42 Å². The molecule has 0 saturated heterocycles. The lowest BCUT2D eigenvalue weighted by Crippen LogP contribution is -2.41. The first-order valence-corrected chi connectivity index (χ1v) is 6.62. The van der Waals surface area contributed by atoms with Gasteiger partial charge >= 0.3 is 5.97 Å². The van der Waals surface area contributed by atoms with Gasteiger partial charge in [-0.2, -0.15) is 0 Å². The fraction of sp³-hybridized carbons (Fsp3) is 0.273. The second kappa shape index (κ2) is 6.99.